The van der Waals surface area contributed by atoms with Crippen LogP contribution >= 0.6 is 43.5 Å². The highest BCUT2D eigenvalue weighted by Crippen LogP contribution is 2.23. The van der Waals surface area contributed by atoms with E-state index in [9.17, 15) is 4.79 Å². The second-order valence-electron chi connectivity index (χ2n) is 5.78. The van der Waals surface area contributed by atoms with Crippen molar-refractivity contribution in [3.63, 3.8) is 0 Å². The number of hydrazone groups is 1. The van der Waals surface area contributed by atoms with Crippen molar-refractivity contribution in [3.8, 4) is 5.75 Å². The van der Waals surface area contributed by atoms with Gasteiger partial charge in [-0.15, -0.1) is 0 Å². The second kappa shape index (κ2) is 9.87. The molecule has 0 fully saturated rings. The van der Waals surface area contributed by atoms with Crippen LogP contribution in [-0.4, -0.2) is 12.1 Å². The monoisotopic (exact) mass is 520 g/mol. The van der Waals surface area contributed by atoms with Crippen molar-refractivity contribution >= 4 is 55.6 Å². The third-order valence-corrected chi connectivity index (χ3v) is 5.22. The van der Waals surface area contributed by atoms with Crippen molar-refractivity contribution in [2.45, 2.75) is 6.61 Å². The summed E-state index contributed by atoms with van der Waals surface area (Å²) in [5.74, 6) is 0.300. The molecule has 0 saturated carbocycles. The molecule has 142 valence electrons. The van der Waals surface area contributed by atoms with Crippen LogP contribution in [-0.2, 0) is 6.61 Å². The third-order valence-electron chi connectivity index (χ3n) is 3.77. The minimum atomic E-state index is -0.317. The first-order valence-electron chi connectivity index (χ1n) is 8.27. The molecule has 0 aliphatic carbocycles. The number of benzene rings is 3. The van der Waals surface area contributed by atoms with Crippen LogP contribution in [0.15, 0.2) is 80.8 Å². The highest BCUT2D eigenvalue weighted by Gasteiger charge is 2.08. The first kappa shape index (κ1) is 20.6. The topological polar surface area (TPSA) is 50.7 Å². The molecular weight excluding hydrogens is 508 g/mol. The van der Waals surface area contributed by atoms with Crippen molar-refractivity contribution in [1.29, 1.82) is 0 Å². The van der Waals surface area contributed by atoms with Crippen molar-refractivity contribution in [1.82, 2.24) is 5.43 Å². The lowest BCUT2D eigenvalue weighted by Gasteiger charge is -2.10. The molecule has 0 unspecified atom stereocenters. The van der Waals surface area contributed by atoms with E-state index < -0.39 is 0 Å². The first-order valence-corrected chi connectivity index (χ1v) is 10.2. The van der Waals surface area contributed by atoms with Gasteiger partial charge in [0.1, 0.15) is 12.4 Å². The van der Waals surface area contributed by atoms with Gasteiger partial charge in [-0.2, -0.15) is 5.10 Å². The predicted molar refractivity (Wildman–Crippen MR) is 119 cm³/mol. The minimum absolute atomic E-state index is 0.317. The summed E-state index contributed by atoms with van der Waals surface area (Å²) in [7, 11) is 0. The molecule has 0 bridgehead atoms. The Morgan fingerprint density at radius 1 is 1.07 bits per heavy atom. The number of rotatable bonds is 6. The lowest BCUT2D eigenvalue weighted by atomic mass is 10.2. The Balaban J connectivity index is 1.69. The Morgan fingerprint density at radius 2 is 1.82 bits per heavy atom. The fraction of sp³-hybridized carbons (Fsp3) is 0.0476. The first-order chi connectivity index (χ1) is 13.5. The van der Waals surface area contributed by atoms with E-state index in [1.807, 2.05) is 30.3 Å². The lowest BCUT2D eigenvalue weighted by Crippen LogP contribution is -2.18. The van der Waals surface area contributed by atoms with Crippen LogP contribution in [0.2, 0.25) is 5.02 Å². The van der Waals surface area contributed by atoms with Gasteiger partial charge >= 0.3 is 0 Å². The van der Waals surface area contributed by atoms with Gasteiger partial charge in [-0.3, -0.25) is 4.79 Å². The molecule has 4 nitrogen and oxygen atoms in total. The van der Waals surface area contributed by atoms with E-state index in [0.29, 0.717) is 33.0 Å². The van der Waals surface area contributed by atoms with Crippen LogP contribution in [0.5, 0.6) is 5.75 Å². The molecule has 0 saturated heterocycles. The Hall–Kier alpha value is -2.15. The zero-order valence-corrected chi connectivity index (χ0v) is 18.5. The fourth-order valence-electron chi connectivity index (χ4n) is 2.36. The van der Waals surface area contributed by atoms with Crippen molar-refractivity contribution < 1.29 is 9.53 Å². The molecule has 3 aromatic rings. The molecule has 0 spiro atoms. The quantitative estimate of drug-likeness (QED) is 0.309. The average molecular weight is 523 g/mol. The van der Waals surface area contributed by atoms with E-state index in [0.717, 1.165) is 10.0 Å². The van der Waals surface area contributed by atoms with E-state index in [-0.39, 0.29) is 5.91 Å². The number of carbonyl (C=O) groups excluding carboxylic acids is 1. The number of hydrogen-bond acceptors (Lipinski definition) is 3. The number of ether oxygens (including phenoxy) is 1. The predicted octanol–water partition coefficient (Wildman–Crippen LogP) is 6.21. The van der Waals surface area contributed by atoms with Gasteiger partial charge in [0.2, 0.25) is 0 Å². The molecule has 7 heteroatoms. The van der Waals surface area contributed by atoms with Crippen LogP contribution in [0, 0.1) is 0 Å². The number of amides is 1. The van der Waals surface area contributed by atoms with Crippen molar-refractivity contribution in [2.24, 2.45) is 5.10 Å². The highest BCUT2D eigenvalue weighted by atomic mass is 79.9. The van der Waals surface area contributed by atoms with Gasteiger partial charge in [-0.25, -0.2) is 5.43 Å². The maximum absolute atomic E-state index is 12.2. The van der Waals surface area contributed by atoms with Gasteiger partial charge in [-0.1, -0.05) is 51.8 Å². The molecule has 0 atom stereocenters. The van der Waals surface area contributed by atoms with E-state index in [1.165, 1.54) is 6.21 Å². The Labute approximate surface area is 184 Å². The van der Waals surface area contributed by atoms with E-state index >= 15 is 0 Å². The molecule has 1 N–H and O–H groups in total. The summed E-state index contributed by atoms with van der Waals surface area (Å²) in [6, 6.07) is 20.3. The van der Waals surface area contributed by atoms with E-state index in [4.69, 9.17) is 16.3 Å². The van der Waals surface area contributed by atoms with Crippen molar-refractivity contribution in [2.75, 3.05) is 0 Å². The molecule has 1 amide bonds. The van der Waals surface area contributed by atoms with Gasteiger partial charge in [-0.05, 0) is 64.0 Å². The molecule has 3 rings (SSSR count). The average Bonchev–Trinajstić information content (AvgIpc) is 2.69. The molecule has 0 aliphatic heterocycles. The van der Waals surface area contributed by atoms with Gasteiger partial charge in [0.05, 0.1) is 11.8 Å². The maximum Gasteiger partial charge on any atom is 0.272 e. The molecule has 0 heterocycles. The van der Waals surface area contributed by atoms with Crippen molar-refractivity contribution in [3.05, 3.63) is 97.4 Å². The molecule has 28 heavy (non-hydrogen) atoms. The van der Waals surface area contributed by atoms with Crippen LogP contribution < -0.4 is 10.2 Å². The Kier molecular flexibility index (Phi) is 7.25. The lowest BCUT2D eigenvalue weighted by molar-refractivity contribution is 0.0954. The summed E-state index contributed by atoms with van der Waals surface area (Å²) in [5.41, 5.74) is 4.70. The maximum atomic E-state index is 12.2. The molecule has 0 aliphatic rings. The number of halogens is 3. The van der Waals surface area contributed by atoms with E-state index in [2.05, 4.69) is 42.4 Å². The Morgan fingerprint density at radius 3 is 2.57 bits per heavy atom. The molecule has 0 radical (unpaired) electrons. The smallest absolute Gasteiger partial charge is 0.272 e. The molecule has 0 aromatic heterocycles. The molecule has 3 aromatic carbocycles. The van der Waals surface area contributed by atoms with Gasteiger partial charge in [0, 0.05) is 19.5 Å². The summed E-state index contributed by atoms with van der Waals surface area (Å²) in [6.07, 6.45) is 1.51. The van der Waals surface area contributed by atoms with Gasteiger partial charge in [0.25, 0.3) is 5.91 Å². The fourth-order valence-corrected chi connectivity index (χ4v) is 3.27. The summed E-state index contributed by atoms with van der Waals surface area (Å²) >= 11 is 12.9. The van der Waals surface area contributed by atoms with Crippen LogP contribution in [0.3, 0.4) is 0 Å². The van der Waals surface area contributed by atoms with Crippen LogP contribution in [0.4, 0.5) is 0 Å². The molecular formula is C21H15Br2ClN2O2. The SMILES string of the molecule is O=C(N/N=C\c1cc(Cl)ccc1OCc1ccc(Br)cc1)c1ccccc1Br. The number of carbonyl (C=O) groups is 1. The standard InChI is InChI=1S/C21H15Br2ClN2O2/c22-16-7-5-14(6-8-16)13-28-20-10-9-17(24)11-15(20)12-25-26-21(27)18-3-1-2-4-19(18)23/h1-12H,13H2,(H,26,27)/b25-12-. The zero-order valence-electron chi connectivity index (χ0n) is 14.5. The van der Waals surface area contributed by atoms with E-state index in [1.54, 1.807) is 36.4 Å². The summed E-state index contributed by atoms with van der Waals surface area (Å²) in [5, 5.41) is 4.59. The summed E-state index contributed by atoms with van der Waals surface area (Å²) in [6.45, 7) is 0.402. The van der Waals surface area contributed by atoms with Gasteiger partial charge in [0.15, 0.2) is 0 Å². The number of nitrogens with one attached hydrogen (secondary N) is 1. The Bertz CT molecular complexity index is 1010. The largest absolute Gasteiger partial charge is 0.488 e. The number of nitrogens with zero attached hydrogens (tertiary/aromatic N) is 1. The summed E-state index contributed by atoms with van der Waals surface area (Å²) in [4.78, 5) is 12.2. The third kappa shape index (κ3) is 5.67. The van der Waals surface area contributed by atoms with Crippen LogP contribution in [0.1, 0.15) is 21.5 Å². The highest BCUT2D eigenvalue weighted by molar-refractivity contribution is 9.10. The summed E-state index contributed by atoms with van der Waals surface area (Å²) < 4.78 is 7.60. The van der Waals surface area contributed by atoms with Gasteiger partial charge < -0.3 is 4.74 Å². The second-order valence-corrected chi connectivity index (χ2v) is 7.98. The number of hydrogen-bond donors (Lipinski definition) is 1. The minimum Gasteiger partial charge on any atom is -0.488 e. The zero-order chi connectivity index (χ0) is 19.9. The normalized spacial score (nSPS) is 10.8. The van der Waals surface area contributed by atoms with Crippen LogP contribution in [0.25, 0.3) is 0 Å².